The summed E-state index contributed by atoms with van der Waals surface area (Å²) in [4.78, 5) is 4.29. The van der Waals surface area contributed by atoms with Gasteiger partial charge in [0.25, 0.3) is 0 Å². The van der Waals surface area contributed by atoms with Crippen molar-refractivity contribution in [1.82, 2.24) is 4.98 Å². The fourth-order valence-corrected chi connectivity index (χ4v) is 2.19. The highest BCUT2D eigenvalue weighted by Crippen LogP contribution is 2.30. The topological polar surface area (TPSA) is 50.9 Å². The first-order valence-corrected chi connectivity index (χ1v) is 6.38. The quantitative estimate of drug-likeness (QED) is 0.689. The van der Waals surface area contributed by atoms with Gasteiger partial charge in [-0.3, -0.25) is 4.98 Å². The molecule has 20 heavy (non-hydrogen) atoms. The van der Waals surface area contributed by atoms with E-state index < -0.39 is 5.82 Å². The van der Waals surface area contributed by atoms with Gasteiger partial charge >= 0.3 is 0 Å². The number of hydrogen-bond donors (Lipinski definition) is 2. The third-order valence-corrected chi connectivity index (χ3v) is 3.24. The minimum Gasteiger partial charge on any atom is -0.398 e. The van der Waals surface area contributed by atoms with Gasteiger partial charge in [0, 0.05) is 22.3 Å². The summed E-state index contributed by atoms with van der Waals surface area (Å²) in [5.41, 5.74) is 8.27. The average Bonchev–Trinajstić information content (AvgIpc) is 2.45. The fourth-order valence-electron chi connectivity index (χ4n) is 2.03. The van der Waals surface area contributed by atoms with E-state index in [9.17, 15) is 4.39 Å². The van der Waals surface area contributed by atoms with Gasteiger partial charge in [0.05, 0.1) is 16.9 Å². The second-order valence-corrected chi connectivity index (χ2v) is 4.79. The smallest absolute Gasteiger partial charge is 0.148 e. The molecule has 3 nitrogen and oxygen atoms in total. The zero-order valence-electron chi connectivity index (χ0n) is 10.4. The lowest BCUT2D eigenvalue weighted by Crippen LogP contribution is -1.97. The van der Waals surface area contributed by atoms with Gasteiger partial charge in [-0.2, -0.15) is 0 Å². The van der Waals surface area contributed by atoms with Gasteiger partial charge in [0.2, 0.25) is 0 Å². The standard InChI is InChI=1S/C15H11ClFN3/c16-9-3-5-13(11(17)8-9)20-14-6-4-12(18)10-2-1-7-19-15(10)14/h1-8,20H,18H2. The molecule has 5 heteroatoms. The Balaban J connectivity index is 2.09. The first-order chi connectivity index (χ1) is 9.65. The molecule has 0 aliphatic rings. The van der Waals surface area contributed by atoms with Gasteiger partial charge in [-0.15, -0.1) is 0 Å². The van der Waals surface area contributed by atoms with Crippen molar-refractivity contribution in [3.63, 3.8) is 0 Å². The van der Waals surface area contributed by atoms with E-state index in [0.717, 1.165) is 5.39 Å². The van der Waals surface area contributed by atoms with E-state index in [4.69, 9.17) is 17.3 Å². The van der Waals surface area contributed by atoms with Crippen LogP contribution in [0.2, 0.25) is 5.02 Å². The van der Waals surface area contributed by atoms with Crippen LogP contribution in [0, 0.1) is 5.82 Å². The Labute approximate surface area is 120 Å². The Morgan fingerprint density at radius 3 is 2.70 bits per heavy atom. The first-order valence-electron chi connectivity index (χ1n) is 6.00. The number of nitrogens with two attached hydrogens (primary N) is 1. The minimum absolute atomic E-state index is 0.339. The number of nitrogens with one attached hydrogen (secondary N) is 1. The lowest BCUT2D eigenvalue weighted by molar-refractivity contribution is 0.632. The highest BCUT2D eigenvalue weighted by molar-refractivity contribution is 6.30. The van der Waals surface area contributed by atoms with Gasteiger partial charge < -0.3 is 11.1 Å². The van der Waals surface area contributed by atoms with E-state index in [0.29, 0.717) is 27.6 Å². The molecule has 3 aromatic rings. The van der Waals surface area contributed by atoms with Crippen molar-refractivity contribution in [2.45, 2.75) is 0 Å². The van der Waals surface area contributed by atoms with Crippen molar-refractivity contribution in [2.75, 3.05) is 11.1 Å². The SMILES string of the molecule is Nc1ccc(Nc2ccc(Cl)cc2F)c2ncccc12. The van der Waals surface area contributed by atoms with Crippen LogP contribution >= 0.6 is 11.6 Å². The molecular formula is C15H11ClFN3. The summed E-state index contributed by atoms with van der Waals surface area (Å²) >= 11 is 5.74. The molecule has 0 saturated carbocycles. The normalized spacial score (nSPS) is 10.7. The number of hydrogen-bond acceptors (Lipinski definition) is 3. The molecule has 0 fully saturated rings. The number of halogens is 2. The predicted octanol–water partition coefficient (Wildman–Crippen LogP) is 4.35. The molecule has 0 atom stereocenters. The van der Waals surface area contributed by atoms with Gasteiger partial charge in [0.1, 0.15) is 5.82 Å². The molecule has 0 radical (unpaired) electrons. The summed E-state index contributed by atoms with van der Waals surface area (Å²) in [6.07, 6.45) is 1.67. The van der Waals surface area contributed by atoms with Crippen LogP contribution in [0.3, 0.4) is 0 Å². The second-order valence-electron chi connectivity index (χ2n) is 4.35. The summed E-state index contributed by atoms with van der Waals surface area (Å²) in [5.74, 6) is -0.418. The minimum atomic E-state index is -0.418. The molecule has 0 bridgehead atoms. The zero-order valence-corrected chi connectivity index (χ0v) is 11.2. The molecule has 3 N–H and O–H groups in total. The molecule has 100 valence electrons. The van der Waals surface area contributed by atoms with Gasteiger partial charge in [-0.25, -0.2) is 4.39 Å². The first kappa shape index (κ1) is 12.7. The van der Waals surface area contributed by atoms with Crippen LogP contribution in [0.5, 0.6) is 0 Å². The van der Waals surface area contributed by atoms with Crippen LogP contribution in [0.1, 0.15) is 0 Å². The average molecular weight is 288 g/mol. The molecule has 0 aliphatic heterocycles. The third-order valence-electron chi connectivity index (χ3n) is 3.00. The largest absolute Gasteiger partial charge is 0.398 e. The number of fused-ring (bicyclic) bond motifs is 1. The Bertz CT molecular complexity index is 789. The van der Waals surface area contributed by atoms with Crippen LogP contribution < -0.4 is 11.1 Å². The third kappa shape index (κ3) is 2.26. The highest BCUT2D eigenvalue weighted by Gasteiger charge is 2.08. The molecule has 2 aromatic carbocycles. The number of pyridine rings is 1. The van der Waals surface area contributed by atoms with Crippen LogP contribution in [0.25, 0.3) is 10.9 Å². The Morgan fingerprint density at radius 2 is 1.90 bits per heavy atom. The lowest BCUT2D eigenvalue weighted by Gasteiger charge is -2.11. The van der Waals surface area contributed by atoms with Gasteiger partial charge in [-0.05, 0) is 42.5 Å². The van der Waals surface area contributed by atoms with Crippen molar-refractivity contribution >= 4 is 39.6 Å². The Morgan fingerprint density at radius 1 is 1.10 bits per heavy atom. The van der Waals surface area contributed by atoms with Crippen molar-refractivity contribution < 1.29 is 4.39 Å². The number of nitrogen functional groups attached to an aromatic ring is 1. The summed E-state index contributed by atoms with van der Waals surface area (Å²) in [6, 6.07) is 11.7. The van der Waals surface area contributed by atoms with Gasteiger partial charge in [-0.1, -0.05) is 11.6 Å². The van der Waals surface area contributed by atoms with Crippen LogP contribution in [-0.2, 0) is 0 Å². The monoisotopic (exact) mass is 287 g/mol. The van der Waals surface area contributed by atoms with E-state index in [2.05, 4.69) is 10.3 Å². The van der Waals surface area contributed by atoms with E-state index in [1.165, 1.54) is 6.07 Å². The van der Waals surface area contributed by atoms with Crippen molar-refractivity contribution in [3.8, 4) is 0 Å². The maximum absolute atomic E-state index is 13.8. The summed E-state index contributed by atoms with van der Waals surface area (Å²) in [6.45, 7) is 0. The lowest BCUT2D eigenvalue weighted by atomic mass is 10.1. The van der Waals surface area contributed by atoms with Crippen molar-refractivity contribution in [3.05, 3.63) is 59.5 Å². The maximum Gasteiger partial charge on any atom is 0.148 e. The summed E-state index contributed by atoms with van der Waals surface area (Å²) < 4.78 is 13.8. The molecule has 3 rings (SSSR count). The molecular weight excluding hydrogens is 277 g/mol. The number of aromatic nitrogens is 1. The summed E-state index contributed by atoms with van der Waals surface area (Å²) in [5, 5.41) is 4.20. The molecule has 1 heterocycles. The van der Waals surface area contributed by atoms with Crippen LogP contribution in [0.4, 0.5) is 21.5 Å². The van der Waals surface area contributed by atoms with Crippen LogP contribution in [-0.4, -0.2) is 4.98 Å². The van der Waals surface area contributed by atoms with E-state index >= 15 is 0 Å². The number of rotatable bonds is 2. The van der Waals surface area contributed by atoms with Gasteiger partial charge in [0.15, 0.2) is 0 Å². The fraction of sp³-hybridized carbons (Fsp3) is 0. The van der Waals surface area contributed by atoms with Crippen LogP contribution in [0.15, 0.2) is 48.7 Å². The molecule has 0 unspecified atom stereocenters. The maximum atomic E-state index is 13.8. The van der Waals surface area contributed by atoms with Crippen molar-refractivity contribution in [1.29, 1.82) is 0 Å². The predicted molar refractivity (Wildman–Crippen MR) is 80.8 cm³/mol. The Hall–Kier alpha value is -2.33. The molecule has 0 amide bonds. The van der Waals surface area contributed by atoms with E-state index in [1.54, 1.807) is 30.5 Å². The van der Waals surface area contributed by atoms with E-state index in [1.807, 2.05) is 12.1 Å². The summed E-state index contributed by atoms with van der Waals surface area (Å²) in [7, 11) is 0. The number of nitrogens with zero attached hydrogens (tertiary/aromatic N) is 1. The zero-order chi connectivity index (χ0) is 14.1. The molecule has 0 saturated heterocycles. The molecule has 0 spiro atoms. The Kier molecular flexibility index (Phi) is 3.16. The second kappa shape index (κ2) is 4.98. The molecule has 0 aliphatic carbocycles. The number of anilines is 3. The highest BCUT2D eigenvalue weighted by atomic mass is 35.5. The van der Waals surface area contributed by atoms with Crippen molar-refractivity contribution in [2.24, 2.45) is 0 Å². The molecule has 1 aromatic heterocycles. The number of benzene rings is 2. The van der Waals surface area contributed by atoms with E-state index in [-0.39, 0.29) is 0 Å².